The number of halogens is 3. The number of amides is 2. The molecule has 0 saturated carbocycles. The summed E-state index contributed by atoms with van der Waals surface area (Å²) in [6, 6.07) is 1.96. The highest BCUT2D eigenvalue weighted by Gasteiger charge is 2.23. The molecule has 2 N–H and O–H groups in total. The molecular formula is C11H11BrF2N2O2. The van der Waals surface area contributed by atoms with Crippen molar-refractivity contribution in [2.75, 3.05) is 13.1 Å². The number of hydrogen-bond acceptors (Lipinski definition) is 2. The summed E-state index contributed by atoms with van der Waals surface area (Å²) in [5, 5.41) is 0. The highest BCUT2D eigenvalue weighted by Crippen LogP contribution is 2.20. The van der Waals surface area contributed by atoms with Gasteiger partial charge in [-0.1, -0.05) is 15.9 Å². The summed E-state index contributed by atoms with van der Waals surface area (Å²) in [5.41, 5.74) is 4.26. The Balaban J connectivity index is 3.13. The number of primary amides is 1. The lowest BCUT2D eigenvalue weighted by molar-refractivity contribution is -0.118. The number of carbonyl (C=O) groups is 2. The average molecular weight is 321 g/mol. The lowest BCUT2D eigenvalue weighted by Crippen LogP contribution is -2.39. The van der Waals surface area contributed by atoms with Crippen LogP contribution in [0.1, 0.15) is 17.3 Å². The van der Waals surface area contributed by atoms with Crippen LogP contribution < -0.4 is 5.73 Å². The quantitative estimate of drug-likeness (QED) is 0.917. The van der Waals surface area contributed by atoms with E-state index in [2.05, 4.69) is 15.9 Å². The first-order chi connectivity index (χ1) is 8.36. The lowest BCUT2D eigenvalue weighted by Gasteiger charge is -2.19. The van der Waals surface area contributed by atoms with Crippen molar-refractivity contribution in [3.05, 3.63) is 33.8 Å². The van der Waals surface area contributed by atoms with E-state index in [1.807, 2.05) is 0 Å². The van der Waals surface area contributed by atoms with Gasteiger partial charge in [0.1, 0.15) is 17.2 Å². The van der Waals surface area contributed by atoms with Crippen LogP contribution in [0.3, 0.4) is 0 Å². The zero-order valence-corrected chi connectivity index (χ0v) is 11.1. The third-order valence-electron chi connectivity index (χ3n) is 2.24. The summed E-state index contributed by atoms with van der Waals surface area (Å²) >= 11 is 2.91. The van der Waals surface area contributed by atoms with Gasteiger partial charge in [-0.05, 0) is 19.1 Å². The van der Waals surface area contributed by atoms with Gasteiger partial charge in [-0.15, -0.1) is 0 Å². The molecule has 0 bridgehead atoms. The van der Waals surface area contributed by atoms with Crippen molar-refractivity contribution >= 4 is 27.7 Å². The van der Waals surface area contributed by atoms with Crippen molar-refractivity contribution in [3.8, 4) is 0 Å². The van der Waals surface area contributed by atoms with Crippen molar-refractivity contribution in [1.82, 2.24) is 4.90 Å². The molecule has 0 unspecified atom stereocenters. The molecule has 0 fully saturated rings. The average Bonchev–Trinajstić information content (AvgIpc) is 2.23. The monoisotopic (exact) mass is 320 g/mol. The molecule has 0 aromatic heterocycles. The molecular weight excluding hydrogens is 310 g/mol. The number of likely N-dealkylation sites (N-methyl/N-ethyl adjacent to an activating group) is 1. The van der Waals surface area contributed by atoms with Crippen molar-refractivity contribution in [2.24, 2.45) is 5.73 Å². The van der Waals surface area contributed by atoms with Crippen LogP contribution in [0, 0.1) is 11.6 Å². The fourth-order valence-corrected chi connectivity index (χ4v) is 1.82. The molecule has 0 saturated heterocycles. The van der Waals surface area contributed by atoms with Crippen molar-refractivity contribution < 1.29 is 18.4 Å². The molecule has 0 aliphatic rings. The summed E-state index contributed by atoms with van der Waals surface area (Å²) < 4.78 is 27.3. The Labute approximate surface area is 111 Å². The molecule has 0 atom stereocenters. The van der Waals surface area contributed by atoms with Gasteiger partial charge in [0.15, 0.2) is 0 Å². The van der Waals surface area contributed by atoms with Crippen LogP contribution in [0.25, 0.3) is 0 Å². The second kappa shape index (κ2) is 5.90. The van der Waals surface area contributed by atoms with Crippen LogP contribution >= 0.6 is 15.9 Å². The maximum atomic E-state index is 13.6. The largest absolute Gasteiger partial charge is 0.368 e. The van der Waals surface area contributed by atoms with Crippen LogP contribution in [-0.4, -0.2) is 29.8 Å². The first-order valence-corrected chi connectivity index (χ1v) is 5.88. The highest BCUT2D eigenvalue weighted by molar-refractivity contribution is 9.10. The Kier molecular flexibility index (Phi) is 4.77. The minimum absolute atomic E-state index is 0.122. The molecule has 0 aliphatic carbocycles. The van der Waals surface area contributed by atoms with Gasteiger partial charge in [0, 0.05) is 11.0 Å². The molecule has 1 rings (SSSR count). The van der Waals surface area contributed by atoms with E-state index in [-0.39, 0.29) is 17.6 Å². The van der Waals surface area contributed by atoms with E-state index < -0.39 is 29.0 Å². The predicted octanol–water partition coefficient (Wildman–Crippen LogP) is 1.67. The molecule has 98 valence electrons. The predicted molar refractivity (Wildman–Crippen MR) is 64.8 cm³/mol. The fraction of sp³-hybridized carbons (Fsp3) is 0.273. The van der Waals surface area contributed by atoms with E-state index in [9.17, 15) is 18.4 Å². The first-order valence-electron chi connectivity index (χ1n) is 5.09. The van der Waals surface area contributed by atoms with E-state index in [4.69, 9.17) is 5.73 Å². The minimum Gasteiger partial charge on any atom is -0.368 e. The Morgan fingerprint density at radius 1 is 1.33 bits per heavy atom. The van der Waals surface area contributed by atoms with Gasteiger partial charge in [-0.2, -0.15) is 0 Å². The Morgan fingerprint density at radius 3 is 2.22 bits per heavy atom. The van der Waals surface area contributed by atoms with Crippen molar-refractivity contribution in [2.45, 2.75) is 6.92 Å². The molecule has 1 aromatic rings. The second-order valence-corrected chi connectivity index (χ2v) is 4.45. The molecule has 18 heavy (non-hydrogen) atoms. The van der Waals surface area contributed by atoms with Crippen LogP contribution in [0.5, 0.6) is 0 Å². The van der Waals surface area contributed by atoms with E-state index >= 15 is 0 Å². The number of nitrogens with zero attached hydrogens (tertiary/aromatic N) is 1. The van der Waals surface area contributed by atoms with Gasteiger partial charge in [0.2, 0.25) is 5.91 Å². The Bertz CT molecular complexity index is 471. The second-order valence-electron chi connectivity index (χ2n) is 3.53. The zero-order valence-electron chi connectivity index (χ0n) is 9.54. The van der Waals surface area contributed by atoms with Gasteiger partial charge in [-0.25, -0.2) is 8.78 Å². The van der Waals surface area contributed by atoms with E-state index in [0.29, 0.717) is 0 Å². The number of nitrogens with two attached hydrogens (primary N) is 1. The summed E-state index contributed by atoms with van der Waals surface area (Å²) in [5.74, 6) is -3.63. The maximum Gasteiger partial charge on any atom is 0.260 e. The van der Waals surface area contributed by atoms with Gasteiger partial charge in [0.05, 0.1) is 6.54 Å². The van der Waals surface area contributed by atoms with Crippen LogP contribution in [0.4, 0.5) is 8.78 Å². The topological polar surface area (TPSA) is 63.4 Å². The maximum absolute atomic E-state index is 13.6. The Morgan fingerprint density at radius 2 is 1.83 bits per heavy atom. The molecule has 4 nitrogen and oxygen atoms in total. The third-order valence-corrected chi connectivity index (χ3v) is 2.69. The van der Waals surface area contributed by atoms with Gasteiger partial charge in [0.25, 0.3) is 5.91 Å². The standard InChI is InChI=1S/C11H11BrF2N2O2/c1-2-16(5-9(15)17)11(18)10-7(13)3-6(12)4-8(10)14/h3-4H,2,5H2,1H3,(H2,15,17). The summed E-state index contributed by atoms with van der Waals surface area (Å²) in [6.07, 6.45) is 0. The van der Waals surface area contributed by atoms with Crippen molar-refractivity contribution in [3.63, 3.8) is 0 Å². The molecule has 0 heterocycles. The van der Waals surface area contributed by atoms with E-state index in [0.717, 1.165) is 17.0 Å². The number of benzene rings is 1. The van der Waals surface area contributed by atoms with E-state index in [1.165, 1.54) is 0 Å². The van der Waals surface area contributed by atoms with Crippen LogP contribution in [0.15, 0.2) is 16.6 Å². The highest BCUT2D eigenvalue weighted by atomic mass is 79.9. The molecule has 2 amide bonds. The smallest absolute Gasteiger partial charge is 0.260 e. The molecule has 1 aromatic carbocycles. The van der Waals surface area contributed by atoms with Crippen LogP contribution in [-0.2, 0) is 4.79 Å². The van der Waals surface area contributed by atoms with Crippen LogP contribution in [0.2, 0.25) is 0 Å². The SMILES string of the molecule is CCN(CC(N)=O)C(=O)c1c(F)cc(Br)cc1F. The van der Waals surface area contributed by atoms with Gasteiger partial charge in [-0.3, -0.25) is 9.59 Å². The first kappa shape index (κ1) is 14.6. The van der Waals surface area contributed by atoms with E-state index in [1.54, 1.807) is 6.92 Å². The summed E-state index contributed by atoms with van der Waals surface area (Å²) in [6.45, 7) is 1.32. The normalized spacial score (nSPS) is 10.2. The summed E-state index contributed by atoms with van der Waals surface area (Å²) in [7, 11) is 0. The molecule has 0 radical (unpaired) electrons. The fourth-order valence-electron chi connectivity index (χ4n) is 1.42. The molecule has 7 heteroatoms. The lowest BCUT2D eigenvalue weighted by atomic mass is 10.1. The molecule has 0 spiro atoms. The Hall–Kier alpha value is -1.50. The number of hydrogen-bond donors (Lipinski definition) is 1. The minimum atomic E-state index is -0.991. The third kappa shape index (κ3) is 3.25. The van der Waals surface area contributed by atoms with Gasteiger partial charge >= 0.3 is 0 Å². The zero-order chi connectivity index (χ0) is 13.9. The van der Waals surface area contributed by atoms with Gasteiger partial charge < -0.3 is 10.6 Å². The molecule has 0 aliphatic heterocycles. The summed E-state index contributed by atoms with van der Waals surface area (Å²) in [4.78, 5) is 23.6. The van der Waals surface area contributed by atoms with Crippen molar-refractivity contribution in [1.29, 1.82) is 0 Å². The number of rotatable bonds is 4. The number of carbonyl (C=O) groups excluding carboxylic acids is 2.